The maximum absolute atomic E-state index is 12.4. The van der Waals surface area contributed by atoms with Crippen molar-refractivity contribution in [3.8, 4) is 0 Å². The molecule has 5 nitrogen and oxygen atoms in total. The lowest BCUT2D eigenvalue weighted by molar-refractivity contribution is -0.142. The first kappa shape index (κ1) is 18.2. The fraction of sp³-hybridized carbons (Fsp3) is 0.526. The Bertz CT molecular complexity index is 634. The standard InChI is InChI=1S/C19H25NO4/c1-12(2)11-14(17(21)23-5)20-16-15(13-9-7-6-8-10-13)19(3,4)24-18(16)22/h6-10,12,14-15H,11H2,1-5H3. The van der Waals surface area contributed by atoms with E-state index in [9.17, 15) is 9.59 Å². The van der Waals surface area contributed by atoms with E-state index in [0.717, 1.165) is 5.56 Å². The number of ether oxygens (including phenoxy) is 2. The van der Waals surface area contributed by atoms with Crippen molar-refractivity contribution in [2.75, 3.05) is 7.11 Å². The Morgan fingerprint density at radius 1 is 1.29 bits per heavy atom. The molecule has 5 heteroatoms. The van der Waals surface area contributed by atoms with Gasteiger partial charge >= 0.3 is 11.9 Å². The third-order valence-electron chi connectivity index (χ3n) is 4.13. The maximum Gasteiger partial charge on any atom is 0.353 e. The van der Waals surface area contributed by atoms with Crippen molar-refractivity contribution in [1.29, 1.82) is 0 Å². The number of hydrogen-bond acceptors (Lipinski definition) is 5. The SMILES string of the molecule is COC(=O)C(CC(C)C)N=C1C(=O)OC(C)(C)C1c1ccccc1. The van der Waals surface area contributed by atoms with Gasteiger partial charge < -0.3 is 9.47 Å². The Kier molecular flexibility index (Phi) is 5.42. The second-order valence-electron chi connectivity index (χ2n) is 7.02. The molecule has 0 amide bonds. The zero-order chi connectivity index (χ0) is 17.9. The molecule has 2 unspecified atom stereocenters. The number of benzene rings is 1. The molecule has 1 fully saturated rings. The lowest BCUT2D eigenvalue weighted by atomic mass is 9.83. The van der Waals surface area contributed by atoms with Crippen LogP contribution in [-0.2, 0) is 19.1 Å². The van der Waals surface area contributed by atoms with Crippen molar-refractivity contribution >= 4 is 17.7 Å². The summed E-state index contributed by atoms with van der Waals surface area (Å²) in [4.78, 5) is 29.0. The molecule has 1 aliphatic rings. The van der Waals surface area contributed by atoms with Gasteiger partial charge in [0.15, 0.2) is 0 Å². The number of esters is 2. The minimum Gasteiger partial charge on any atom is -0.467 e. The molecule has 0 radical (unpaired) electrons. The fourth-order valence-corrected chi connectivity index (χ4v) is 3.08. The average Bonchev–Trinajstić information content (AvgIpc) is 2.74. The Labute approximate surface area is 143 Å². The summed E-state index contributed by atoms with van der Waals surface area (Å²) in [5.74, 6) is -0.961. The van der Waals surface area contributed by atoms with Gasteiger partial charge in [-0.05, 0) is 31.7 Å². The third-order valence-corrected chi connectivity index (χ3v) is 4.13. The normalized spacial score (nSPS) is 22.5. The minimum absolute atomic E-state index is 0.249. The molecule has 130 valence electrons. The van der Waals surface area contributed by atoms with Crippen LogP contribution < -0.4 is 0 Å². The van der Waals surface area contributed by atoms with E-state index in [2.05, 4.69) is 4.99 Å². The summed E-state index contributed by atoms with van der Waals surface area (Å²) >= 11 is 0. The smallest absolute Gasteiger partial charge is 0.353 e. The van der Waals surface area contributed by atoms with Crippen molar-refractivity contribution < 1.29 is 19.1 Å². The summed E-state index contributed by atoms with van der Waals surface area (Å²) < 4.78 is 10.4. The Hall–Kier alpha value is -2.17. The number of methoxy groups -OCH3 is 1. The molecule has 2 rings (SSSR count). The van der Waals surface area contributed by atoms with Crippen LogP contribution in [-0.4, -0.2) is 36.4 Å². The van der Waals surface area contributed by atoms with Crippen LogP contribution in [0, 0.1) is 5.92 Å². The van der Waals surface area contributed by atoms with Crippen LogP contribution in [0.4, 0.5) is 0 Å². The van der Waals surface area contributed by atoms with Gasteiger partial charge in [-0.3, -0.25) is 4.99 Å². The second kappa shape index (κ2) is 7.16. The highest BCUT2D eigenvalue weighted by molar-refractivity contribution is 6.41. The summed E-state index contributed by atoms with van der Waals surface area (Å²) in [5, 5.41) is 0. The van der Waals surface area contributed by atoms with Gasteiger partial charge in [-0.25, -0.2) is 9.59 Å². The second-order valence-corrected chi connectivity index (χ2v) is 7.02. The quantitative estimate of drug-likeness (QED) is 0.778. The number of carbonyl (C=O) groups excluding carboxylic acids is 2. The van der Waals surface area contributed by atoms with Crippen molar-refractivity contribution in [3.05, 3.63) is 35.9 Å². The average molecular weight is 331 g/mol. The Balaban J connectivity index is 2.47. The summed E-state index contributed by atoms with van der Waals surface area (Å²) in [6, 6.07) is 8.94. The molecule has 1 aliphatic heterocycles. The van der Waals surface area contributed by atoms with Gasteiger partial charge in [-0.15, -0.1) is 0 Å². The number of hydrogen-bond donors (Lipinski definition) is 0. The molecular formula is C19H25NO4. The van der Waals surface area contributed by atoms with E-state index in [-0.39, 0.29) is 11.8 Å². The van der Waals surface area contributed by atoms with Gasteiger partial charge in [0.2, 0.25) is 0 Å². The topological polar surface area (TPSA) is 65.0 Å². The molecule has 0 spiro atoms. The van der Waals surface area contributed by atoms with Crippen LogP contribution in [0.5, 0.6) is 0 Å². The maximum atomic E-state index is 12.4. The van der Waals surface area contributed by atoms with E-state index in [4.69, 9.17) is 9.47 Å². The molecule has 2 atom stereocenters. The summed E-state index contributed by atoms with van der Waals surface area (Å²) in [5.41, 5.74) is 0.526. The van der Waals surface area contributed by atoms with E-state index in [1.54, 1.807) is 0 Å². The fourth-order valence-electron chi connectivity index (χ4n) is 3.08. The van der Waals surface area contributed by atoms with Crippen molar-refractivity contribution in [2.24, 2.45) is 10.9 Å². The van der Waals surface area contributed by atoms with Gasteiger partial charge in [0, 0.05) is 0 Å². The number of aliphatic imine (C=N–C) groups is 1. The zero-order valence-corrected chi connectivity index (χ0v) is 14.9. The number of nitrogens with zero attached hydrogens (tertiary/aromatic N) is 1. The van der Waals surface area contributed by atoms with Gasteiger partial charge in [0.25, 0.3) is 0 Å². The number of cyclic esters (lactones) is 1. The lowest BCUT2D eigenvalue weighted by Gasteiger charge is -2.25. The highest BCUT2D eigenvalue weighted by Gasteiger charge is 2.48. The van der Waals surface area contributed by atoms with E-state index >= 15 is 0 Å². The molecule has 1 aromatic rings. The van der Waals surface area contributed by atoms with Gasteiger partial charge in [0.1, 0.15) is 17.4 Å². The first-order valence-electron chi connectivity index (χ1n) is 8.20. The van der Waals surface area contributed by atoms with Crippen molar-refractivity contribution in [2.45, 2.75) is 51.7 Å². The summed E-state index contributed by atoms with van der Waals surface area (Å²) in [6.07, 6.45) is 0.519. The molecule has 1 heterocycles. The van der Waals surface area contributed by atoms with Crippen molar-refractivity contribution in [3.63, 3.8) is 0 Å². The molecule has 0 aromatic heterocycles. The van der Waals surface area contributed by atoms with Crippen LogP contribution in [0.25, 0.3) is 0 Å². The van der Waals surface area contributed by atoms with Gasteiger partial charge in [-0.2, -0.15) is 0 Å². The van der Waals surface area contributed by atoms with Crippen LogP contribution in [0.3, 0.4) is 0 Å². The molecule has 1 aromatic carbocycles. The number of rotatable bonds is 5. The third kappa shape index (κ3) is 3.83. The van der Waals surface area contributed by atoms with Crippen LogP contribution in [0.1, 0.15) is 45.6 Å². The lowest BCUT2D eigenvalue weighted by Crippen LogP contribution is -2.30. The number of carbonyl (C=O) groups is 2. The van der Waals surface area contributed by atoms with Crippen LogP contribution in [0.15, 0.2) is 35.3 Å². The van der Waals surface area contributed by atoms with Crippen LogP contribution >= 0.6 is 0 Å². The Morgan fingerprint density at radius 3 is 2.46 bits per heavy atom. The summed E-state index contributed by atoms with van der Waals surface area (Å²) in [7, 11) is 1.33. The largest absolute Gasteiger partial charge is 0.467 e. The monoisotopic (exact) mass is 331 g/mol. The van der Waals surface area contributed by atoms with E-state index in [1.807, 2.05) is 58.0 Å². The van der Waals surface area contributed by atoms with Crippen LogP contribution in [0.2, 0.25) is 0 Å². The molecule has 0 N–H and O–H groups in total. The molecule has 0 bridgehead atoms. The predicted octanol–water partition coefficient (Wildman–Crippen LogP) is 3.13. The van der Waals surface area contributed by atoms with Gasteiger partial charge in [-0.1, -0.05) is 44.2 Å². The van der Waals surface area contributed by atoms with E-state index in [0.29, 0.717) is 12.1 Å². The molecule has 24 heavy (non-hydrogen) atoms. The first-order chi connectivity index (χ1) is 11.3. The van der Waals surface area contributed by atoms with E-state index in [1.165, 1.54) is 7.11 Å². The van der Waals surface area contributed by atoms with E-state index < -0.39 is 23.6 Å². The molecular weight excluding hydrogens is 306 g/mol. The molecule has 0 aliphatic carbocycles. The Morgan fingerprint density at radius 2 is 1.92 bits per heavy atom. The summed E-state index contributed by atoms with van der Waals surface area (Å²) in [6.45, 7) is 7.73. The van der Waals surface area contributed by atoms with Gasteiger partial charge in [0.05, 0.1) is 13.0 Å². The highest BCUT2D eigenvalue weighted by atomic mass is 16.6. The predicted molar refractivity (Wildman–Crippen MR) is 92.0 cm³/mol. The zero-order valence-electron chi connectivity index (χ0n) is 14.9. The minimum atomic E-state index is -0.713. The molecule has 0 saturated carbocycles. The molecule has 1 saturated heterocycles. The highest BCUT2D eigenvalue weighted by Crippen LogP contribution is 2.39. The van der Waals surface area contributed by atoms with Crippen molar-refractivity contribution in [1.82, 2.24) is 0 Å². The first-order valence-corrected chi connectivity index (χ1v) is 8.20.